The molecule has 5 nitrogen and oxygen atoms in total. The summed E-state index contributed by atoms with van der Waals surface area (Å²) in [6, 6.07) is 0. The van der Waals surface area contributed by atoms with E-state index in [0.29, 0.717) is 23.1 Å². The van der Waals surface area contributed by atoms with Gasteiger partial charge in [-0.1, -0.05) is 11.6 Å². The van der Waals surface area contributed by atoms with Gasteiger partial charge in [0.2, 0.25) is 0 Å². The van der Waals surface area contributed by atoms with E-state index >= 15 is 0 Å². The molecule has 0 atom stereocenters. The first-order chi connectivity index (χ1) is 6.58. The normalized spacial score (nSPS) is 19.0. The van der Waals surface area contributed by atoms with E-state index in [1.54, 1.807) is 7.05 Å². The second-order valence-electron chi connectivity index (χ2n) is 3.59. The topological polar surface area (TPSA) is 68.0 Å². The van der Waals surface area contributed by atoms with Crippen molar-refractivity contribution in [3.8, 4) is 0 Å². The minimum Gasteiger partial charge on any atom is -0.481 e. The molecule has 6 heteroatoms. The first-order valence-corrected chi connectivity index (χ1v) is 5.16. The van der Waals surface area contributed by atoms with Crippen LogP contribution in [0.4, 0.5) is 0 Å². The van der Waals surface area contributed by atoms with E-state index in [-0.39, 0.29) is 0 Å². The summed E-state index contributed by atoms with van der Waals surface area (Å²) in [5.74, 6) is -0.783. The molecule has 14 heavy (non-hydrogen) atoms. The van der Waals surface area contributed by atoms with E-state index in [2.05, 4.69) is 26.2 Å². The lowest BCUT2D eigenvalue weighted by molar-refractivity contribution is -0.147. The maximum absolute atomic E-state index is 11.2. The maximum atomic E-state index is 11.2. The van der Waals surface area contributed by atoms with Gasteiger partial charge in [0.05, 0.1) is 5.69 Å². The van der Waals surface area contributed by atoms with Gasteiger partial charge in [0.15, 0.2) is 4.60 Å². The minimum atomic E-state index is -0.783. The largest absolute Gasteiger partial charge is 0.481 e. The number of rotatable bonds is 2. The quantitative estimate of drug-likeness (QED) is 0.864. The van der Waals surface area contributed by atoms with Crippen LogP contribution in [0.1, 0.15) is 25.0 Å². The van der Waals surface area contributed by atoms with Crippen molar-refractivity contribution in [1.29, 1.82) is 0 Å². The number of hydrogen-bond donors (Lipinski definition) is 1. The monoisotopic (exact) mass is 259 g/mol. The molecule has 1 N–H and O–H groups in total. The third-order valence-corrected chi connectivity index (χ3v) is 3.39. The van der Waals surface area contributed by atoms with Crippen LogP contribution in [0.2, 0.25) is 0 Å². The molecule has 0 radical (unpaired) electrons. The highest BCUT2D eigenvalue weighted by Crippen LogP contribution is 2.45. The van der Waals surface area contributed by atoms with Gasteiger partial charge < -0.3 is 5.11 Å². The zero-order valence-electron chi connectivity index (χ0n) is 7.70. The fourth-order valence-electron chi connectivity index (χ4n) is 1.92. The summed E-state index contributed by atoms with van der Waals surface area (Å²) in [7, 11) is 1.72. The average Bonchev–Trinajstić information content (AvgIpc) is 2.33. The summed E-state index contributed by atoms with van der Waals surface area (Å²) in [4.78, 5) is 11.2. The third-order valence-electron chi connectivity index (χ3n) is 2.86. The van der Waals surface area contributed by atoms with Gasteiger partial charge in [-0.05, 0) is 28.8 Å². The van der Waals surface area contributed by atoms with E-state index in [4.69, 9.17) is 0 Å². The van der Waals surface area contributed by atoms with Crippen molar-refractivity contribution in [2.45, 2.75) is 24.7 Å². The number of aromatic nitrogens is 3. The Balaban J connectivity index is 2.51. The van der Waals surface area contributed by atoms with Gasteiger partial charge in [-0.2, -0.15) is 0 Å². The second kappa shape index (κ2) is 3.05. The molecule has 76 valence electrons. The van der Waals surface area contributed by atoms with Gasteiger partial charge in [0.25, 0.3) is 0 Å². The average molecular weight is 260 g/mol. The van der Waals surface area contributed by atoms with Gasteiger partial charge in [0, 0.05) is 7.05 Å². The first-order valence-electron chi connectivity index (χ1n) is 4.37. The zero-order chi connectivity index (χ0) is 10.3. The molecule has 1 fully saturated rings. The lowest BCUT2D eigenvalue weighted by atomic mass is 9.67. The van der Waals surface area contributed by atoms with Crippen LogP contribution in [0.15, 0.2) is 4.60 Å². The number of hydrogen-bond acceptors (Lipinski definition) is 3. The molecular weight excluding hydrogens is 250 g/mol. The maximum Gasteiger partial charge on any atom is 0.315 e. The first kappa shape index (κ1) is 9.64. The Kier molecular flexibility index (Phi) is 2.10. The smallest absolute Gasteiger partial charge is 0.315 e. The molecule has 0 aromatic carbocycles. The highest BCUT2D eigenvalue weighted by Gasteiger charge is 2.49. The highest BCUT2D eigenvalue weighted by atomic mass is 79.9. The Morgan fingerprint density at radius 2 is 2.29 bits per heavy atom. The predicted molar refractivity (Wildman–Crippen MR) is 51.9 cm³/mol. The molecular formula is C8H10BrN3O2. The van der Waals surface area contributed by atoms with Crippen molar-refractivity contribution in [3.63, 3.8) is 0 Å². The summed E-state index contributed by atoms with van der Waals surface area (Å²) in [6.45, 7) is 0. The molecule has 0 unspecified atom stereocenters. The number of halogens is 1. The standard InChI is InChI=1S/C8H10BrN3O2/c1-12-5(6(9)10-11-12)8(7(13)14)3-2-4-8/h2-4H2,1H3,(H,13,14). The van der Waals surface area contributed by atoms with Crippen LogP contribution in [-0.4, -0.2) is 26.1 Å². The number of carbonyl (C=O) groups is 1. The van der Waals surface area contributed by atoms with Crippen LogP contribution < -0.4 is 0 Å². The van der Waals surface area contributed by atoms with Crippen molar-refractivity contribution >= 4 is 21.9 Å². The fraction of sp³-hybridized carbons (Fsp3) is 0.625. The number of aliphatic carboxylic acids is 1. The molecule has 0 bridgehead atoms. The summed E-state index contributed by atoms with van der Waals surface area (Å²) >= 11 is 3.24. The number of carboxylic acids is 1. The number of aryl methyl sites for hydroxylation is 1. The third kappa shape index (κ3) is 1.10. The molecule has 0 saturated heterocycles. The van der Waals surface area contributed by atoms with Crippen LogP contribution in [0, 0.1) is 0 Å². The summed E-state index contributed by atoms with van der Waals surface area (Å²) in [5, 5.41) is 16.8. The van der Waals surface area contributed by atoms with E-state index < -0.39 is 11.4 Å². The molecule has 1 aromatic rings. The molecule has 1 aliphatic carbocycles. The Morgan fingerprint density at radius 1 is 1.64 bits per heavy atom. The fourth-order valence-corrected chi connectivity index (χ4v) is 2.63. The van der Waals surface area contributed by atoms with E-state index in [9.17, 15) is 9.90 Å². The molecule has 1 saturated carbocycles. The van der Waals surface area contributed by atoms with Crippen LogP contribution in [0.25, 0.3) is 0 Å². The van der Waals surface area contributed by atoms with Gasteiger partial charge in [0.1, 0.15) is 5.41 Å². The molecule has 1 aliphatic rings. The number of nitrogens with zero attached hydrogens (tertiary/aromatic N) is 3. The van der Waals surface area contributed by atoms with Crippen molar-refractivity contribution in [2.24, 2.45) is 7.05 Å². The van der Waals surface area contributed by atoms with Gasteiger partial charge in [-0.15, -0.1) is 5.10 Å². The highest BCUT2D eigenvalue weighted by molar-refractivity contribution is 9.10. The second-order valence-corrected chi connectivity index (χ2v) is 4.34. The molecule has 2 rings (SSSR count). The Labute approximate surface area is 89.2 Å². The minimum absolute atomic E-state index is 0.544. The Morgan fingerprint density at radius 3 is 2.57 bits per heavy atom. The van der Waals surface area contributed by atoms with Gasteiger partial charge >= 0.3 is 5.97 Å². The predicted octanol–water partition coefficient (Wildman–Crippen LogP) is 1.08. The Hall–Kier alpha value is -0.910. The molecule has 0 spiro atoms. The van der Waals surface area contributed by atoms with Crippen molar-refractivity contribution < 1.29 is 9.90 Å². The SMILES string of the molecule is Cn1nnc(Br)c1C1(C(=O)O)CCC1. The van der Waals surface area contributed by atoms with Crippen LogP contribution >= 0.6 is 15.9 Å². The number of carboxylic acid groups (broad SMARTS) is 1. The van der Waals surface area contributed by atoms with Gasteiger partial charge in [-0.25, -0.2) is 0 Å². The van der Waals surface area contributed by atoms with Crippen molar-refractivity contribution in [2.75, 3.05) is 0 Å². The van der Waals surface area contributed by atoms with Crippen LogP contribution in [-0.2, 0) is 17.3 Å². The van der Waals surface area contributed by atoms with Gasteiger partial charge in [-0.3, -0.25) is 9.48 Å². The molecule has 1 heterocycles. The van der Waals surface area contributed by atoms with Crippen molar-refractivity contribution in [3.05, 3.63) is 10.3 Å². The van der Waals surface area contributed by atoms with Crippen LogP contribution in [0.3, 0.4) is 0 Å². The lowest BCUT2D eigenvalue weighted by Crippen LogP contribution is -2.44. The summed E-state index contributed by atoms with van der Waals surface area (Å²) < 4.78 is 2.08. The zero-order valence-corrected chi connectivity index (χ0v) is 9.28. The van der Waals surface area contributed by atoms with Crippen LogP contribution in [0.5, 0.6) is 0 Å². The molecule has 0 aliphatic heterocycles. The molecule has 0 amide bonds. The Bertz CT molecular complexity index is 364. The van der Waals surface area contributed by atoms with E-state index in [1.807, 2.05) is 0 Å². The van der Waals surface area contributed by atoms with E-state index in [0.717, 1.165) is 6.42 Å². The van der Waals surface area contributed by atoms with Crippen molar-refractivity contribution in [1.82, 2.24) is 15.0 Å². The molecule has 1 aromatic heterocycles. The summed E-state index contributed by atoms with van der Waals surface area (Å²) in [5.41, 5.74) is -0.0897. The summed E-state index contributed by atoms with van der Waals surface area (Å²) in [6.07, 6.45) is 2.29. The van der Waals surface area contributed by atoms with E-state index in [1.165, 1.54) is 4.68 Å². The lowest BCUT2D eigenvalue weighted by Gasteiger charge is -2.37.